The van der Waals surface area contributed by atoms with Gasteiger partial charge in [0.2, 0.25) is 0 Å². The third kappa shape index (κ3) is 3.11. The first-order valence-electron chi connectivity index (χ1n) is 8.71. The van der Waals surface area contributed by atoms with Crippen LogP contribution in [0.4, 0.5) is 10.5 Å². The molecule has 4 amide bonds. The van der Waals surface area contributed by atoms with Gasteiger partial charge in [-0.1, -0.05) is 6.07 Å². The molecule has 2 saturated heterocycles. The van der Waals surface area contributed by atoms with E-state index in [1.807, 2.05) is 11.4 Å². The number of hydrogen-bond acceptors (Lipinski definition) is 6. The van der Waals surface area contributed by atoms with Crippen LogP contribution in [0.1, 0.15) is 23.8 Å². The van der Waals surface area contributed by atoms with Crippen LogP contribution in [0.3, 0.4) is 0 Å². The van der Waals surface area contributed by atoms with Gasteiger partial charge in [0, 0.05) is 17.5 Å². The fourth-order valence-electron chi connectivity index (χ4n) is 3.57. The summed E-state index contributed by atoms with van der Waals surface area (Å²) in [5.74, 6) is -0.999. The average Bonchev–Trinajstić information content (AvgIpc) is 3.40. The van der Waals surface area contributed by atoms with Crippen LogP contribution >= 0.6 is 11.3 Å². The molecule has 27 heavy (non-hydrogen) atoms. The Hall–Kier alpha value is -2.71. The van der Waals surface area contributed by atoms with Crippen LogP contribution in [-0.2, 0) is 9.59 Å². The lowest BCUT2D eigenvalue weighted by molar-refractivity contribution is -0.140. The Balaban J connectivity index is 1.54. The number of rotatable bonds is 5. The summed E-state index contributed by atoms with van der Waals surface area (Å²) in [6.45, 7) is 0.912. The summed E-state index contributed by atoms with van der Waals surface area (Å²) in [7, 11) is 1.53. The van der Waals surface area contributed by atoms with Crippen LogP contribution in [0.25, 0.3) is 0 Å². The number of imide groups is 2. The van der Waals surface area contributed by atoms with Gasteiger partial charge in [-0.05, 0) is 48.6 Å². The highest BCUT2D eigenvalue weighted by molar-refractivity contribution is 7.10. The van der Waals surface area contributed by atoms with Crippen molar-refractivity contribution in [1.29, 1.82) is 0 Å². The van der Waals surface area contributed by atoms with E-state index in [2.05, 4.69) is 11.0 Å². The first-order valence-corrected chi connectivity index (χ1v) is 9.59. The Morgan fingerprint density at radius 3 is 2.56 bits per heavy atom. The van der Waals surface area contributed by atoms with E-state index in [1.54, 1.807) is 35.6 Å². The molecule has 0 bridgehead atoms. The minimum atomic E-state index is -0.822. The van der Waals surface area contributed by atoms with E-state index in [1.165, 1.54) is 12.0 Å². The highest BCUT2D eigenvalue weighted by atomic mass is 32.1. The molecule has 0 aliphatic carbocycles. The minimum Gasteiger partial charge on any atom is -0.497 e. The first-order chi connectivity index (χ1) is 13.1. The maximum atomic E-state index is 12.8. The minimum absolute atomic E-state index is 0.124. The van der Waals surface area contributed by atoms with Gasteiger partial charge in [-0.3, -0.25) is 14.5 Å². The Labute approximate surface area is 160 Å². The molecule has 1 aromatic heterocycles. The van der Waals surface area contributed by atoms with Gasteiger partial charge in [-0.25, -0.2) is 14.6 Å². The van der Waals surface area contributed by atoms with E-state index in [4.69, 9.17) is 4.74 Å². The molecule has 2 fully saturated rings. The van der Waals surface area contributed by atoms with Crippen molar-refractivity contribution in [2.24, 2.45) is 0 Å². The zero-order valence-electron chi connectivity index (χ0n) is 14.8. The number of carbonyl (C=O) groups is 3. The molecule has 8 heteroatoms. The molecule has 2 aliphatic heterocycles. The molecule has 0 N–H and O–H groups in total. The van der Waals surface area contributed by atoms with E-state index in [0.717, 1.165) is 29.2 Å². The Kier molecular flexibility index (Phi) is 4.67. The maximum Gasteiger partial charge on any atom is 0.340 e. The number of ether oxygens (including phenoxy) is 1. The second kappa shape index (κ2) is 7.13. The first kappa shape index (κ1) is 17.7. The summed E-state index contributed by atoms with van der Waals surface area (Å²) in [6.07, 6.45) is 1.97. The number of thiophene rings is 1. The highest BCUT2D eigenvalue weighted by Gasteiger charge is 2.46. The predicted octanol–water partition coefficient (Wildman–Crippen LogP) is 2.85. The van der Waals surface area contributed by atoms with Gasteiger partial charge in [0.1, 0.15) is 5.75 Å². The third-order valence-corrected chi connectivity index (χ3v) is 5.92. The zero-order valence-corrected chi connectivity index (χ0v) is 15.6. The van der Waals surface area contributed by atoms with Crippen molar-refractivity contribution in [1.82, 2.24) is 9.80 Å². The normalized spacial score (nSPS) is 20.8. The van der Waals surface area contributed by atoms with Gasteiger partial charge in [0.05, 0.1) is 19.5 Å². The predicted molar refractivity (Wildman–Crippen MR) is 101 cm³/mol. The molecular weight excluding hydrogens is 366 g/mol. The lowest BCUT2D eigenvalue weighted by atomic mass is 10.2. The van der Waals surface area contributed by atoms with Crippen LogP contribution < -0.4 is 9.64 Å². The molecule has 2 aliphatic rings. The molecule has 4 rings (SSSR count). The van der Waals surface area contributed by atoms with Gasteiger partial charge in [0.15, 0.2) is 0 Å². The quantitative estimate of drug-likeness (QED) is 0.585. The molecule has 7 nitrogen and oxygen atoms in total. The van der Waals surface area contributed by atoms with Crippen molar-refractivity contribution in [2.45, 2.75) is 18.9 Å². The molecule has 0 radical (unpaired) electrons. The van der Waals surface area contributed by atoms with Gasteiger partial charge in [0.25, 0.3) is 0 Å². The second-order valence-electron chi connectivity index (χ2n) is 6.48. The van der Waals surface area contributed by atoms with Crippen molar-refractivity contribution in [3.05, 3.63) is 46.7 Å². The fourth-order valence-corrected chi connectivity index (χ4v) is 4.46. The van der Waals surface area contributed by atoms with Crippen LogP contribution in [0.15, 0.2) is 41.8 Å². The molecule has 0 unspecified atom stereocenters. The Bertz CT molecular complexity index is 866. The molecule has 0 spiro atoms. The smallest absolute Gasteiger partial charge is 0.340 e. The highest BCUT2D eigenvalue weighted by Crippen LogP contribution is 2.35. The molecule has 3 heterocycles. The lowest BCUT2D eigenvalue weighted by Crippen LogP contribution is -2.42. The second-order valence-corrected chi connectivity index (χ2v) is 7.46. The zero-order chi connectivity index (χ0) is 19.0. The standard InChI is InChI=1S/C19H19N3O4S/c1-26-14-8-6-13(7-9-14)22-18(24)17(23)21(19(22)25)12-20-10-2-4-15(20)16-5-3-11-27-16/h3,5-9,11,15H,2,4,10,12H2,1H3/t15-/m0/s1. The summed E-state index contributed by atoms with van der Waals surface area (Å²) in [5, 5.41) is 2.02. The summed E-state index contributed by atoms with van der Waals surface area (Å²) >= 11 is 1.67. The summed E-state index contributed by atoms with van der Waals surface area (Å²) in [4.78, 5) is 43.0. The van der Waals surface area contributed by atoms with Crippen molar-refractivity contribution < 1.29 is 19.1 Å². The number of likely N-dealkylation sites (tertiary alicyclic amines) is 1. The number of urea groups is 1. The summed E-state index contributed by atoms with van der Waals surface area (Å²) < 4.78 is 5.09. The molecule has 140 valence electrons. The van der Waals surface area contributed by atoms with E-state index >= 15 is 0 Å². The molecular formula is C19H19N3O4S. The summed E-state index contributed by atoms with van der Waals surface area (Å²) in [6, 6.07) is 10.1. The van der Waals surface area contributed by atoms with Gasteiger partial charge in [-0.2, -0.15) is 0 Å². The van der Waals surface area contributed by atoms with E-state index in [9.17, 15) is 14.4 Å². The van der Waals surface area contributed by atoms with Gasteiger partial charge >= 0.3 is 17.8 Å². The Morgan fingerprint density at radius 2 is 1.89 bits per heavy atom. The van der Waals surface area contributed by atoms with Gasteiger partial charge < -0.3 is 4.74 Å². The summed E-state index contributed by atoms with van der Waals surface area (Å²) in [5.41, 5.74) is 0.359. The van der Waals surface area contributed by atoms with E-state index in [-0.39, 0.29) is 12.7 Å². The topological polar surface area (TPSA) is 70.2 Å². The largest absolute Gasteiger partial charge is 0.497 e. The van der Waals surface area contributed by atoms with Crippen molar-refractivity contribution in [3.63, 3.8) is 0 Å². The van der Waals surface area contributed by atoms with Crippen LogP contribution in [-0.4, -0.2) is 48.0 Å². The van der Waals surface area contributed by atoms with Crippen molar-refractivity contribution in [3.8, 4) is 5.75 Å². The molecule has 0 saturated carbocycles. The SMILES string of the molecule is COc1ccc(N2C(=O)C(=O)N(CN3CCC[C@H]3c3cccs3)C2=O)cc1. The Morgan fingerprint density at radius 1 is 1.11 bits per heavy atom. The van der Waals surface area contributed by atoms with Crippen molar-refractivity contribution in [2.75, 3.05) is 25.2 Å². The van der Waals surface area contributed by atoms with Crippen molar-refractivity contribution >= 4 is 34.9 Å². The number of amides is 4. The average molecular weight is 385 g/mol. The third-order valence-electron chi connectivity index (χ3n) is 4.94. The number of nitrogens with zero attached hydrogens (tertiary/aromatic N) is 3. The van der Waals surface area contributed by atoms with Gasteiger partial charge in [-0.15, -0.1) is 11.3 Å². The number of benzene rings is 1. The van der Waals surface area contributed by atoms with Crippen LogP contribution in [0.2, 0.25) is 0 Å². The van der Waals surface area contributed by atoms with Crippen LogP contribution in [0.5, 0.6) is 5.75 Å². The molecule has 1 aromatic carbocycles. The van der Waals surface area contributed by atoms with Crippen LogP contribution in [0, 0.1) is 0 Å². The number of carbonyl (C=O) groups excluding carboxylic acids is 3. The monoisotopic (exact) mass is 385 g/mol. The lowest BCUT2D eigenvalue weighted by Gasteiger charge is -2.27. The maximum absolute atomic E-state index is 12.8. The fraction of sp³-hybridized carbons (Fsp3) is 0.316. The number of anilines is 1. The van der Waals surface area contributed by atoms with E-state index < -0.39 is 17.8 Å². The number of hydrogen-bond donors (Lipinski definition) is 0. The molecule has 1 atom stereocenters. The number of methoxy groups -OCH3 is 1. The van der Waals surface area contributed by atoms with E-state index in [0.29, 0.717) is 11.4 Å². The molecule has 2 aromatic rings.